The first-order valence-corrected chi connectivity index (χ1v) is 11.0. The van der Waals surface area contributed by atoms with Crippen LogP contribution in [-0.2, 0) is 14.8 Å². The van der Waals surface area contributed by atoms with Crippen molar-refractivity contribution in [1.82, 2.24) is 5.32 Å². The molecule has 2 rings (SSSR count). The SMILES string of the molecule is CC(C)C[C@H](NC(=O)[C@@H](C)N(c1ccc(F)cc1)S(C)(=O)=O)c1ccccc1. The zero-order chi connectivity index (χ0) is 20.9. The van der Waals surface area contributed by atoms with Gasteiger partial charge in [-0.2, -0.15) is 0 Å². The molecule has 0 aliphatic heterocycles. The molecule has 0 radical (unpaired) electrons. The molecule has 0 fully saturated rings. The first-order chi connectivity index (χ1) is 13.1. The molecule has 0 bridgehead atoms. The van der Waals surface area contributed by atoms with E-state index in [1.165, 1.54) is 31.2 Å². The molecule has 5 nitrogen and oxygen atoms in total. The van der Waals surface area contributed by atoms with Crippen LogP contribution in [0.5, 0.6) is 0 Å². The van der Waals surface area contributed by atoms with Gasteiger partial charge >= 0.3 is 0 Å². The molecule has 0 unspecified atom stereocenters. The minimum absolute atomic E-state index is 0.231. The highest BCUT2D eigenvalue weighted by Gasteiger charge is 2.30. The molecule has 0 spiro atoms. The predicted octanol–water partition coefficient (Wildman–Crippen LogP) is 3.88. The largest absolute Gasteiger partial charge is 0.347 e. The minimum Gasteiger partial charge on any atom is -0.347 e. The molecule has 0 saturated carbocycles. The second-order valence-corrected chi connectivity index (χ2v) is 9.17. The summed E-state index contributed by atoms with van der Waals surface area (Å²) in [6, 6.07) is 13.4. The Labute approximate surface area is 166 Å². The smallest absolute Gasteiger partial charge is 0.244 e. The lowest BCUT2D eigenvalue weighted by Gasteiger charge is -2.30. The Kier molecular flexibility index (Phi) is 7.18. The third-order valence-electron chi connectivity index (χ3n) is 4.40. The van der Waals surface area contributed by atoms with Gasteiger partial charge in [-0.1, -0.05) is 44.2 Å². The van der Waals surface area contributed by atoms with E-state index >= 15 is 0 Å². The minimum atomic E-state index is -3.75. The van der Waals surface area contributed by atoms with Crippen molar-refractivity contribution in [2.45, 2.75) is 39.3 Å². The number of nitrogens with zero attached hydrogens (tertiary/aromatic N) is 1. The van der Waals surface area contributed by atoms with Crippen molar-refractivity contribution in [2.75, 3.05) is 10.6 Å². The summed E-state index contributed by atoms with van der Waals surface area (Å²) in [6.07, 6.45) is 1.75. The molecule has 152 valence electrons. The Balaban J connectivity index is 2.29. The van der Waals surface area contributed by atoms with Crippen molar-refractivity contribution in [2.24, 2.45) is 5.92 Å². The van der Waals surface area contributed by atoms with Gasteiger partial charge in [-0.3, -0.25) is 9.10 Å². The molecule has 0 aliphatic carbocycles. The van der Waals surface area contributed by atoms with Crippen LogP contribution in [0.4, 0.5) is 10.1 Å². The number of carbonyl (C=O) groups excluding carboxylic acids is 1. The third-order valence-corrected chi connectivity index (χ3v) is 5.64. The maximum atomic E-state index is 13.2. The van der Waals surface area contributed by atoms with Crippen LogP contribution >= 0.6 is 0 Å². The van der Waals surface area contributed by atoms with Crippen molar-refractivity contribution in [1.29, 1.82) is 0 Å². The van der Waals surface area contributed by atoms with E-state index in [2.05, 4.69) is 19.2 Å². The summed E-state index contributed by atoms with van der Waals surface area (Å²) in [5.74, 6) is -0.552. The van der Waals surface area contributed by atoms with E-state index < -0.39 is 27.8 Å². The van der Waals surface area contributed by atoms with Gasteiger partial charge in [0, 0.05) is 0 Å². The highest BCUT2D eigenvalue weighted by molar-refractivity contribution is 7.92. The number of hydrogen-bond donors (Lipinski definition) is 1. The fraction of sp³-hybridized carbons (Fsp3) is 0.381. The number of sulfonamides is 1. The molecule has 1 N–H and O–H groups in total. The Bertz CT molecular complexity index is 884. The molecule has 1 amide bonds. The van der Waals surface area contributed by atoms with Crippen LogP contribution in [0.25, 0.3) is 0 Å². The molecule has 2 aromatic rings. The van der Waals surface area contributed by atoms with Gasteiger partial charge in [-0.05, 0) is 49.1 Å². The second kappa shape index (κ2) is 9.19. The molecule has 2 aromatic carbocycles. The van der Waals surface area contributed by atoms with Gasteiger partial charge in [-0.25, -0.2) is 12.8 Å². The van der Waals surface area contributed by atoms with Crippen LogP contribution in [0.1, 0.15) is 38.8 Å². The van der Waals surface area contributed by atoms with Crippen LogP contribution in [0.15, 0.2) is 54.6 Å². The Hall–Kier alpha value is -2.41. The third kappa shape index (κ3) is 5.79. The second-order valence-electron chi connectivity index (χ2n) is 7.31. The summed E-state index contributed by atoms with van der Waals surface area (Å²) in [5.41, 5.74) is 1.20. The average Bonchev–Trinajstić information content (AvgIpc) is 2.62. The molecule has 28 heavy (non-hydrogen) atoms. The molecular formula is C21H27FN2O3S. The number of carbonyl (C=O) groups is 1. The molecule has 0 aliphatic rings. The summed E-state index contributed by atoms with van der Waals surface area (Å²) in [4.78, 5) is 12.9. The van der Waals surface area contributed by atoms with Gasteiger partial charge in [0.25, 0.3) is 0 Å². The quantitative estimate of drug-likeness (QED) is 0.723. The molecule has 7 heteroatoms. The zero-order valence-corrected chi connectivity index (χ0v) is 17.4. The number of anilines is 1. The Morgan fingerprint density at radius 2 is 1.61 bits per heavy atom. The van der Waals surface area contributed by atoms with Gasteiger partial charge in [-0.15, -0.1) is 0 Å². The van der Waals surface area contributed by atoms with Crippen LogP contribution in [0.3, 0.4) is 0 Å². The van der Waals surface area contributed by atoms with E-state index in [1.54, 1.807) is 0 Å². The van der Waals surface area contributed by atoms with E-state index in [-0.39, 0.29) is 11.7 Å². The van der Waals surface area contributed by atoms with E-state index in [9.17, 15) is 17.6 Å². The Morgan fingerprint density at radius 3 is 2.11 bits per heavy atom. The van der Waals surface area contributed by atoms with Crippen LogP contribution in [-0.4, -0.2) is 26.6 Å². The predicted molar refractivity (Wildman–Crippen MR) is 110 cm³/mol. The maximum absolute atomic E-state index is 13.2. The lowest BCUT2D eigenvalue weighted by atomic mass is 9.96. The van der Waals surface area contributed by atoms with E-state index in [4.69, 9.17) is 0 Å². The van der Waals surface area contributed by atoms with Crippen molar-refractivity contribution in [3.05, 3.63) is 66.0 Å². The molecular weight excluding hydrogens is 379 g/mol. The van der Waals surface area contributed by atoms with Crippen molar-refractivity contribution < 1.29 is 17.6 Å². The number of halogens is 1. The Morgan fingerprint density at radius 1 is 1.04 bits per heavy atom. The van der Waals surface area contributed by atoms with E-state index in [1.807, 2.05) is 30.3 Å². The monoisotopic (exact) mass is 406 g/mol. The first kappa shape index (κ1) is 21.9. The number of nitrogens with one attached hydrogen (secondary N) is 1. The van der Waals surface area contributed by atoms with Gasteiger partial charge in [0.2, 0.25) is 15.9 Å². The van der Waals surface area contributed by atoms with Gasteiger partial charge in [0.05, 0.1) is 18.0 Å². The first-order valence-electron chi connectivity index (χ1n) is 9.20. The van der Waals surface area contributed by atoms with Gasteiger partial charge in [0.15, 0.2) is 0 Å². The standard InChI is InChI=1S/C21H27FN2O3S/c1-15(2)14-20(17-8-6-5-7-9-17)23-21(25)16(3)24(28(4,26)27)19-12-10-18(22)11-13-19/h5-13,15-16,20H,14H2,1-4H3,(H,23,25)/t16-,20+/m1/s1. The van der Waals surface area contributed by atoms with Crippen LogP contribution in [0.2, 0.25) is 0 Å². The summed E-state index contributed by atoms with van der Waals surface area (Å²) in [7, 11) is -3.75. The summed E-state index contributed by atoms with van der Waals surface area (Å²) < 4.78 is 39.0. The average molecular weight is 407 g/mol. The summed E-state index contributed by atoms with van der Waals surface area (Å²) in [6.45, 7) is 5.65. The highest BCUT2D eigenvalue weighted by Crippen LogP contribution is 2.24. The summed E-state index contributed by atoms with van der Waals surface area (Å²) in [5, 5.41) is 2.98. The molecule has 0 saturated heterocycles. The molecule has 0 heterocycles. The fourth-order valence-electron chi connectivity index (χ4n) is 3.12. The van der Waals surface area contributed by atoms with Crippen molar-refractivity contribution >= 4 is 21.6 Å². The number of benzene rings is 2. The van der Waals surface area contributed by atoms with Crippen LogP contribution in [0, 0.1) is 11.7 Å². The highest BCUT2D eigenvalue weighted by atomic mass is 32.2. The van der Waals surface area contributed by atoms with E-state index in [0.717, 1.165) is 22.5 Å². The van der Waals surface area contributed by atoms with Gasteiger partial charge < -0.3 is 5.32 Å². The number of rotatable bonds is 8. The van der Waals surface area contributed by atoms with Crippen molar-refractivity contribution in [3.63, 3.8) is 0 Å². The van der Waals surface area contributed by atoms with Crippen molar-refractivity contribution in [3.8, 4) is 0 Å². The number of hydrogen-bond acceptors (Lipinski definition) is 3. The fourth-order valence-corrected chi connectivity index (χ4v) is 4.30. The lowest BCUT2D eigenvalue weighted by Crippen LogP contribution is -2.48. The van der Waals surface area contributed by atoms with Crippen LogP contribution < -0.4 is 9.62 Å². The molecule has 0 aromatic heterocycles. The topological polar surface area (TPSA) is 66.5 Å². The zero-order valence-electron chi connectivity index (χ0n) is 16.6. The van der Waals surface area contributed by atoms with Gasteiger partial charge in [0.1, 0.15) is 11.9 Å². The summed E-state index contributed by atoms with van der Waals surface area (Å²) >= 11 is 0. The maximum Gasteiger partial charge on any atom is 0.244 e. The van der Waals surface area contributed by atoms with E-state index in [0.29, 0.717) is 5.92 Å². The normalized spacial score (nSPS) is 13.8. The molecule has 2 atom stereocenters. The lowest BCUT2D eigenvalue weighted by molar-refractivity contribution is -0.122. The number of amides is 1.